The lowest BCUT2D eigenvalue weighted by Crippen LogP contribution is -2.47. The van der Waals surface area contributed by atoms with Crippen molar-refractivity contribution >= 4 is 6.03 Å². The molecular formula is C8H18N2O2. The molecule has 0 aromatic heterocycles. The summed E-state index contributed by atoms with van der Waals surface area (Å²) < 4.78 is 4.78. The maximum absolute atomic E-state index is 11.1. The van der Waals surface area contributed by atoms with E-state index in [1.807, 2.05) is 20.8 Å². The van der Waals surface area contributed by atoms with E-state index < -0.39 is 0 Å². The van der Waals surface area contributed by atoms with E-state index in [-0.39, 0.29) is 11.6 Å². The van der Waals surface area contributed by atoms with Gasteiger partial charge in [-0.05, 0) is 20.8 Å². The van der Waals surface area contributed by atoms with Crippen molar-refractivity contribution in [1.29, 1.82) is 0 Å². The Labute approximate surface area is 73.7 Å². The predicted molar refractivity (Wildman–Crippen MR) is 48.2 cm³/mol. The molecule has 0 unspecified atom stereocenters. The summed E-state index contributed by atoms with van der Waals surface area (Å²) in [6.45, 7) is 6.88. The fourth-order valence-electron chi connectivity index (χ4n) is 0.651. The molecule has 0 radical (unpaired) electrons. The van der Waals surface area contributed by atoms with Crippen molar-refractivity contribution in [3.63, 3.8) is 0 Å². The Bertz CT molecular complexity index is 140. The predicted octanol–water partition coefficient (Wildman–Crippen LogP) is 0.730. The van der Waals surface area contributed by atoms with E-state index in [2.05, 4.69) is 10.6 Å². The molecule has 0 aliphatic heterocycles. The number of nitrogens with one attached hydrogen (secondary N) is 2. The summed E-state index contributed by atoms with van der Waals surface area (Å²) in [5, 5.41) is 5.44. The Hall–Kier alpha value is -0.770. The van der Waals surface area contributed by atoms with Crippen LogP contribution in [0, 0.1) is 0 Å². The number of methoxy groups -OCH3 is 1. The summed E-state index contributed by atoms with van der Waals surface area (Å²) in [6, 6.07) is -0.153. The fraction of sp³-hybridized carbons (Fsp3) is 0.875. The quantitative estimate of drug-likeness (QED) is 0.620. The molecule has 0 spiro atoms. The average molecular weight is 174 g/mol. The molecule has 0 rings (SSSR count). The van der Waals surface area contributed by atoms with Crippen LogP contribution in [0.4, 0.5) is 4.79 Å². The Morgan fingerprint density at radius 2 is 2.00 bits per heavy atom. The smallest absolute Gasteiger partial charge is 0.315 e. The monoisotopic (exact) mass is 174 g/mol. The fourth-order valence-corrected chi connectivity index (χ4v) is 0.651. The molecule has 2 N–H and O–H groups in total. The molecule has 72 valence electrons. The first-order chi connectivity index (χ1) is 5.45. The summed E-state index contributed by atoms with van der Waals surface area (Å²) >= 11 is 0. The highest BCUT2D eigenvalue weighted by molar-refractivity contribution is 5.74. The minimum absolute atomic E-state index is 0.153. The van der Waals surface area contributed by atoms with E-state index in [0.717, 1.165) is 0 Å². The summed E-state index contributed by atoms with van der Waals surface area (Å²) in [6.07, 6.45) is 0. The molecule has 0 saturated heterocycles. The second kappa shape index (κ2) is 4.98. The molecule has 0 aliphatic rings. The van der Waals surface area contributed by atoms with Crippen LogP contribution in [0.3, 0.4) is 0 Å². The second-order valence-electron chi connectivity index (χ2n) is 3.62. The van der Waals surface area contributed by atoms with E-state index in [1.165, 1.54) is 0 Å². The minimum Gasteiger partial charge on any atom is -0.383 e. The van der Waals surface area contributed by atoms with Gasteiger partial charge in [-0.1, -0.05) is 0 Å². The molecule has 0 fully saturated rings. The first-order valence-corrected chi connectivity index (χ1v) is 4.00. The van der Waals surface area contributed by atoms with Gasteiger partial charge in [-0.25, -0.2) is 4.79 Å². The lowest BCUT2D eigenvalue weighted by molar-refractivity contribution is 0.194. The Balaban J connectivity index is 3.47. The van der Waals surface area contributed by atoms with Crippen molar-refractivity contribution in [2.75, 3.05) is 20.3 Å². The third kappa shape index (κ3) is 7.34. The van der Waals surface area contributed by atoms with Gasteiger partial charge in [0, 0.05) is 19.2 Å². The number of hydrogen-bond acceptors (Lipinski definition) is 2. The largest absolute Gasteiger partial charge is 0.383 e. The lowest BCUT2D eigenvalue weighted by Gasteiger charge is -2.20. The molecule has 0 bridgehead atoms. The van der Waals surface area contributed by atoms with Crippen molar-refractivity contribution in [1.82, 2.24) is 10.6 Å². The van der Waals surface area contributed by atoms with Crippen LogP contribution in [0.15, 0.2) is 0 Å². The molecule has 0 saturated carbocycles. The van der Waals surface area contributed by atoms with Gasteiger partial charge < -0.3 is 15.4 Å². The van der Waals surface area contributed by atoms with Gasteiger partial charge in [-0.2, -0.15) is 0 Å². The van der Waals surface area contributed by atoms with Crippen molar-refractivity contribution in [2.24, 2.45) is 0 Å². The molecule has 0 atom stereocenters. The highest BCUT2D eigenvalue weighted by Gasteiger charge is 2.12. The zero-order valence-corrected chi connectivity index (χ0v) is 8.23. The number of carbonyl (C=O) groups is 1. The third-order valence-electron chi connectivity index (χ3n) is 1.08. The molecule has 4 heteroatoms. The van der Waals surface area contributed by atoms with E-state index in [0.29, 0.717) is 13.2 Å². The lowest BCUT2D eigenvalue weighted by atomic mass is 10.1. The summed E-state index contributed by atoms with van der Waals surface area (Å²) in [5.41, 5.74) is -0.183. The van der Waals surface area contributed by atoms with Crippen LogP contribution >= 0.6 is 0 Å². The van der Waals surface area contributed by atoms with E-state index >= 15 is 0 Å². The molecule has 2 amide bonds. The zero-order valence-electron chi connectivity index (χ0n) is 8.23. The maximum Gasteiger partial charge on any atom is 0.315 e. The van der Waals surface area contributed by atoms with Crippen LogP contribution in [0.5, 0.6) is 0 Å². The number of rotatable bonds is 3. The Morgan fingerprint density at radius 1 is 1.42 bits per heavy atom. The second-order valence-corrected chi connectivity index (χ2v) is 3.62. The van der Waals surface area contributed by atoms with E-state index in [4.69, 9.17) is 4.74 Å². The third-order valence-corrected chi connectivity index (χ3v) is 1.08. The highest BCUT2D eigenvalue weighted by atomic mass is 16.5. The first-order valence-electron chi connectivity index (χ1n) is 4.00. The van der Waals surface area contributed by atoms with Crippen LogP contribution < -0.4 is 10.6 Å². The Kier molecular flexibility index (Phi) is 4.66. The van der Waals surface area contributed by atoms with Gasteiger partial charge in [0.05, 0.1) is 6.61 Å². The van der Waals surface area contributed by atoms with E-state index in [1.54, 1.807) is 7.11 Å². The van der Waals surface area contributed by atoms with Gasteiger partial charge in [0.25, 0.3) is 0 Å². The molecule has 4 nitrogen and oxygen atoms in total. The first kappa shape index (κ1) is 11.2. The Morgan fingerprint density at radius 3 is 2.42 bits per heavy atom. The minimum atomic E-state index is -0.183. The number of ether oxygens (including phenoxy) is 1. The topological polar surface area (TPSA) is 50.4 Å². The highest BCUT2D eigenvalue weighted by Crippen LogP contribution is 1.96. The van der Waals surface area contributed by atoms with Crippen molar-refractivity contribution in [3.05, 3.63) is 0 Å². The van der Waals surface area contributed by atoms with Crippen LogP contribution in [0.2, 0.25) is 0 Å². The summed E-state index contributed by atoms with van der Waals surface area (Å²) in [7, 11) is 1.60. The molecule has 0 heterocycles. The van der Waals surface area contributed by atoms with Crippen molar-refractivity contribution < 1.29 is 9.53 Å². The standard InChI is InChI=1S/C8H18N2O2/c1-8(2,3)10-7(11)9-5-6-12-4/h5-6H2,1-4H3,(H2,9,10,11). The molecule has 0 aliphatic carbocycles. The maximum atomic E-state index is 11.1. The average Bonchev–Trinajstić information content (AvgIpc) is 1.84. The van der Waals surface area contributed by atoms with Gasteiger partial charge in [-0.3, -0.25) is 0 Å². The van der Waals surface area contributed by atoms with Crippen LogP contribution in [0.25, 0.3) is 0 Å². The molecular weight excluding hydrogens is 156 g/mol. The number of hydrogen-bond donors (Lipinski definition) is 2. The van der Waals surface area contributed by atoms with Crippen LogP contribution in [0.1, 0.15) is 20.8 Å². The normalized spacial score (nSPS) is 11.0. The SMILES string of the molecule is COCCNC(=O)NC(C)(C)C. The summed E-state index contributed by atoms with van der Waals surface area (Å²) in [5.74, 6) is 0. The molecule has 0 aromatic rings. The van der Waals surface area contributed by atoms with Gasteiger partial charge in [0.1, 0.15) is 0 Å². The van der Waals surface area contributed by atoms with E-state index in [9.17, 15) is 4.79 Å². The van der Waals surface area contributed by atoms with Gasteiger partial charge in [0.15, 0.2) is 0 Å². The molecule has 12 heavy (non-hydrogen) atoms. The number of amides is 2. The summed E-state index contributed by atoms with van der Waals surface area (Å²) in [4.78, 5) is 11.1. The van der Waals surface area contributed by atoms with Gasteiger partial charge in [0.2, 0.25) is 0 Å². The van der Waals surface area contributed by atoms with Crippen molar-refractivity contribution in [2.45, 2.75) is 26.3 Å². The van der Waals surface area contributed by atoms with Crippen LogP contribution in [-0.4, -0.2) is 31.8 Å². The zero-order chi connectivity index (χ0) is 9.61. The van der Waals surface area contributed by atoms with Gasteiger partial charge in [-0.15, -0.1) is 0 Å². The van der Waals surface area contributed by atoms with Crippen molar-refractivity contribution in [3.8, 4) is 0 Å². The molecule has 0 aromatic carbocycles. The van der Waals surface area contributed by atoms with Gasteiger partial charge >= 0.3 is 6.03 Å². The number of carbonyl (C=O) groups excluding carboxylic acids is 1. The number of urea groups is 1. The van der Waals surface area contributed by atoms with Crippen LogP contribution in [-0.2, 0) is 4.74 Å².